The zero-order chi connectivity index (χ0) is 12.3. The number of carbonyl (C=O) groups excluding carboxylic acids is 1. The lowest BCUT2D eigenvalue weighted by atomic mass is 9.86. The number of aromatic nitrogens is 1. The first-order valence-corrected chi connectivity index (χ1v) is 6.47. The van der Waals surface area contributed by atoms with Gasteiger partial charge in [0.2, 0.25) is 0 Å². The van der Waals surface area contributed by atoms with E-state index < -0.39 is 0 Å². The van der Waals surface area contributed by atoms with Crippen LogP contribution in [0.15, 0.2) is 18.3 Å². The van der Waals surface area contributed by atoms with E-state index in [1.807, 2.05) is 0 Å². The molecule has 2 atom stereocenters. The van der Waals surface area contributed by atoms with Gasteiger partial charge in [0.15, 0.2) is 0 Å². The SMILES string of the molecule is CC1CCCCC1NC(=O)c1cccnc1Cl. The molecule has 1 aliphatic rings. The highest BCUT2D eigenvalue weighted by Gasteiger charge is 2.23. The van der Waals surface area contributed by atoms with Crippen LogP contribution < -0.4 is 5.32 Å². The summed E-state index contributed by atoms with van der Waals surface area (Å²) in [4.78, 5) is 16.0. The van der Waals surface area contributed by atoms with Crippen molar-refractivity contribution in [2.24, 2.45) is 5.92 Å². The molecular weight excluding hydrogens is 236 g/mol. The Morgan fingerprint density at radius 1 is 1.47 bits per heavy atom. The number of halogens is 1. The lowest BCUT2D eigenvalue weighted by Crippen LogP contribution is -2.41. The minimum Gasteiger partial charge on any atom is -0.349 e. The minimum atomic E-state index is -0.109. The molecular formula is C13H17ClN2O. The van der Waals surface area contributed by atoms with Gasteiger partial charge in [-0.3, -0.25) is 4.79 Å². The second-order valence-electron chi connectivity index (χ2n) is 4.68. The molecule has 0 aliphatic heterocycles. The van der Waals surface area contributed by atoms with Gasteiger partial charge < -0.3 is 5.32 Å². The normalized spacial score (nSPS) is 24.4. The number of pyridine rings is 1. The molecule has 92 valence electrons. The predicted molar refractivity (Wildman–Crippen MR) is 68.1 cm³/mol. The highest BCUT2D eigenvalue weighted by molar-refractivity contribution is 6.32. The van der Waals surface area contributed by atoms with Crippen LogP contribution >= 0.6 is 11.6 Å². The quantitative estimate of drug-likeness (QED) is 0.822. The van der Waals surface area contributed by atoms with Gasteiger partial charge >= 0.3 is 0 Å². The van der Waals surface area contributed by atoms with E-state index >= 15 is 0 Å². The number of hydrogen-bond acceptors (Lipinski definition) is 2. The summed E-state index contributed by atoms with van der Waals surface area (Å²) in [6, 6.07) is 3.70. The molecule has 1 N–H and O–H groups in total. The van der Waals surface area contributed by atoms with Crippen molar-refractivity contribution in [3.8, 4) is 0 Å². The molecule has 3 nitrogen and oxygen atoms in total. The van der Waals surface area contributed by atoms with Gasteiger partial charge in [-0.2, -0.15) is 0 Å². The molecule has 1 heterocycles. The van der Waals surface area contributed by atoms with E-state index in [2.05, 4.69) is 17.2 Å². The van der Waals surface area contributed by atoms with Gasteiger partial charge in [-0.25, -0.2) is 4.98 Å². The fourth-order valence-corrected chi connectivity index (χ4v) is 2.54. The molecule has 1 aromatic rings. The van der Waals surface area contributed by atoms with Crippen LogP contribution in [0.3, 0.4) is 0 Å². The second kappa shape index (κ2) is 5.50. The molecule has 0 radical (unpaired) electrons. The first kappa shape index (κ1) is 12.4. The number of carbonyl (C=O) groups is 1. The third-order valence-electron chi connectivity index (χ3n) is 3.43. The summed E-state index contributed by atoms with van der Waals surface area (Å²) in [6.07, 6.45) is 6.29. The van der Waals surface area contributed by atoms with Crippen molar-refractivity contribution >= 4 is 17.5 Å². The summed E-state index contributed by atoms with van der Waals surface area (Å²) in [5, 5.41) is 3.33. The Bertz CT molecular complexity index is 408. The standard InChI is InChI=1S/C13H17ClN2O/c1-9-5-2-3-7-11(9)16-13(17)10-6-4-8-15-12(10)14/h4,6,8-9,11H,2-3,5,7H2,1H3,(H,16,17). The molecule has 0 bridgehead atoms. The Labute approximate surface area is 107 Å². The molecule has 2 rings (SSSR count). The van der Waals surface area contributed by atoms with Crippen LogP contribution in [-0.4, -0.2) is 16.9 Å². The van der Waals surface area contributed by atoms with E-state index in [1.54, 1.807) is 18.3 Å². The molecule has 1 fully saturated rings. The van der Waals surface area contributed by atoms with Crippen molar-refractivity contribution in [2.75, 3.05) is 0 Å². The zero-order valence-corrected chi connectivity index (χ0v) is 10.7. The summed E-state index contributed by atoms with van der Waals surface area (Å²) in [6.45, 7) is 2.19. The van der Waals surface area contributed by atoms with Gasteiger partial charge in [0, 0.05) is 12.2 Å². The van der Waals surface area contributed by atoms with Gasteiger partial charge in [-0.05, 0) is 30.9 Å². The summed E-state index contributed by atoms with van der Waals surface area (Å²) in [5.74, 6) is 0.435. The van der Waals surface area contributed by atoms with Crippen LogP contribution in [0.1, 0.15) is 43.0 Å². The summed E-state index contributed by atoms with van der Waals surface area (Å²) >= 11 is 5.90. The number of nitrogens with zero attached hydrogens (tertiary/aromatic N) is 1. The Balaban J connectivity index is 2.04. The summed E-state index contributed by atoms with van der Waals surface area (Å²) in [5.41, 5.74) is 0.465. The molecule has 4 heteroatoms. The maximum atomic E-state index is 12.0. The molecule has 1 saturated carbocycles. The number of rotatable bonds is 2. The maximum Gasteiger partial charge on any atom is 0.254 e. The Morgan fingerprint density at radius 2 is 2.24 bits per heavy atom. The number of amides is 1. The van der Waals surface area contributed by atoms with Crippen LogP contribution in [0, 0.1) is 5.92 Å². The van der Waals surface area contributed by atoms with E-state index in [4.69, 9.17) is 11.6 Å². The van der Waals surface area contributed by atoms with Gasteiger partial charge in [-0.15, -0.1) is 0 Å². The smallest absolute Gasteiger partial charge is 0.254 e. The van der Waals surface area contributed by atoms with Gasteiger partial charge in [-0.1, -0.05) is 31.4 Å². The van der Waals surface area contributed by atoms with Crippen LogP contribution in [0.4, 0.5) is 0 Å². The fourth-order valence-electron chi connectivity index (χ4n) is 2.33. The predicted octanol–water partition coefficient (Wildman–Crippen LogP) is 3.04. The molecule has 0 spiro atoms. The molecule has 1 aliphatic carbocycles. The second-order valence-corrected chi connectivity index (χ2v) is 5.04. The molecule has 0 aromatic carbocycles. The first-order valence-electron chi connectivity index (χ1n) is 6.10. The summed E-state index contributed by atoms with van der Waals surface area (Å²) < 4.78 is 0. The largest absolute Gasteiger partial charge is 0.349 e. The van der Waals surface area contributed by atoms with E-state index in [1.165, 1.54) is 19.3 Å². The van der Waals surface area contributed by atoms with Crippen molar-refractivity contribution in [3.63, 3.8) is 0 Å². The number of nitrogens with one attached hydrogen (secondary N) is 1. The molecule has 2 unspecified atom stereocenters. The zero-order valence-electron chi connectivity index (χ0n) is 9.95. The number of hydrogen-bond donors (Lipinski definition) is 1. The van der Waals surface area contributed by atoms with Crippen molar-refractivity contribution in [3.05, 3.63) is 29.0 Å². The van der Waals surface area contributed by atoms with Crippen LogP contribution in [0.25, 0.3) is 0 Å². The van der Waals surface area contributed by atoms with Crippen molar-refractivity contribution in [1.82, 2.24) is 10.3 Å². The summed E-state index contributed by atoms with van der Waals surface area (Å²) in [7, 11) is 0. The molecule has 0 saturated heterocycles. The van der Waals surface area contributed by atoms with E-state index in [-0.39, 0.29) is 17.1 Å². The van der Waals surface area contributed by atoms with Gasteiger partial charge in [0.1, 0.15) is 5.15 Å². The van der Waals surface area contributed by atoms with Crippen LogP contribution in [-0.2, 0) is 0 Å². The highest BCUT2D eigenvalue weighted by atomic mass is 35.5. The first-order chi connectivity index (χ1) is 8.18. The topological polar surface area (TPSA) is 42.0 Å². The van der Waals surface area contributed by atoms with E-state index in [9.17, 15) is 4.79 Å². The Morgan fingerprint density at radius 3 is 2.94 bits per heavy atom. The van der Waals surface area contributed by atoms with E-state index in [0.29, 0.717) is 11.5 Å². The average Bonchev–Trinajstić information content (AvgIpc) is 2.32. The van der Waals surface area contributed by atoms with Gasteiger partial charge in [0.25, 0.3) is 5.91 Å². The van der Waals surface area contributed by atoms with Crippen molar-refractivity contribution < 1.29 is 4.79 Å². The van der Waals surface area contributed by atoms with Crippen molar-refractivity contribution in [2.45, 2.75) is 38.6 Å². The molecule has 1 aromatic heterocycles. The molecule has 1 amide bonds. The lowest BCUT2D eigenvalue weighted by Gasteiger charge is -2.29. The Kier molecular flexibility index (Phi) is 4.00. The van der Waals surface area contributed by atoms with Crippen LogP contribution in [0.5, 0.6) is 0 Å². The minimum absolute atomic E-state index is 0.109. The van der Waals surface area contributed by atoms with Crippen molar-refractivity contribution in [1.29, 1.82) is 0 Å². The molecule has 17 heavy (non-hydrogen) atoms. The fraction of sp³-hybridized carbons (Fsp3) is 0.538. The lowest BCUT2D eigenvalue weighted by molar-refractivity contribution is 0.0910. The Hall–Kier alpha value is -1.09. The monoisotopic (exact) mass is 252 g/mol. The van der Waals surface area contributed by atoms with Gasteiger partial charge in [0.05, 0.1) is 5.56 Å². The maximum absolute atomic E-state index is 12.0. The van der Waals surface area contributed by atoms with E-state index in [0.717, 1.165) is 6.42 Å². The van der Waals surface area contributed by atoms with Crippen LogP contribution in [0.2, 0.25) is 5.15 Å². The third kappa shape index (κ3) is 2.97. The highest BCUT2D eigenvalue weighted by Crippen LogP contribution is 2.24. The average molecular weight is 253 g/mol. The third-order valence-corrected chi connectivity index (χ3v) is 3.73.